The molecule has 1 amide bonds. The van der Waals surface area contributed by atoms with Crippen LogP contribution in [0.3, 0.4) is 0 Å². The van der Waals surface area contributed by atoms with Crippen molar-refractivity contribution in [2.75, 3.05) is 12.3 Å². The maximum Gasteiger partial charge on any atom is 0.326 e. The third-order valence-corrected chi connectivity index (χ3v) is 6.20. The van der Waals surface area contributed by atoms with E-state index in [1.165, 1.54) is 17.0 Å². The van der Waals surface area contributed by atoms with Crippen molar-refractivity contribution in [1.29, 1.82) is 0 Å². The monoisotopic (exact) mass is 353 g/mol. The van der Waals surface area contributed by atoms with Crippen LogP contribution < -0.4 is 0 Å². The fourth-order valence-corrected chi connectivity index (χ4v) is 3.92. The van der Waals surface area contributed by atoms with Gasteiger partial charge in [-0.15, -0.1) is 0 Å². The molecule has 0 aliphatic carbocycles. The number of piperidine rings is 1. The van der Waals surface area contributed by atoms with E-state index in [1.807, 2.05) is 6.92 Å². The Balaban J connectivity index is 2.17. The van der Waals surface area contributed by atoms with E-state index in [1.54, 1.807) is 19.1 Å². The third kappa shape index (κ3) is 4.14. The van der Waals surface area contributed by atoms with E-state index < -0.39 is 21.8 Å². The van der Waals surface area contributed by atoms with Crippen molar-refractivity contribution in [3.63, 3.8) is 0 Å². The summed E-state index contributed by atoms with van der Waals surface area (Å²) in [6, 6.07) is 5.51. The molecule has 1 aromatic rings. The lowest BCUT2D eigenvalue weighted by Crippen LogP contribution is -2.50. The number of rotatable bonds is 5. The Hall–Kier alpha value is -1.89. The molecule has 6 nitrogen and oxygen atoms in total. The lowest BCUT2D eigenvalue weighted by atomic mass is 9.92. The van der Waals surface area contributed by atoms with Crippen LogP contribution in [0, 0.1) is 5.92 Å². The summed E-state index contributed by atoms with van der Waals surface area (Å²) in [6.07, 6.45) is 1.23. The maximum atomic E-state index is 12.5. The molecule has 2 unspecified atom stereocenters. The van der Waals surface area contributed by atoms with Crippen molar-refractivity contribution in [1.82, 2.24) is 4.90 Å². The minimum Gasteiger partial charge on any atom is -0.480 e. The number of sulfone groups is 1. The molecule has 1 fully saturated rings. The normalized spacial score (nSPS) is 21.5. The Bertz CT molecular complexity index is 728. The van der Waals surface area contributed by atoms with E-state index >= 15 is 0 Å². The minimum atomic E-state index is -3.33. The average Bonchev–Trinajstić information content (AvgIpc) is 2.54. The topological polar surface area (TPSA) is 91.8 Å². The molecule has 1 aliphatic rings. The van der Waals surface area contributed by atoms with Gasteiger partial charge in [0.15, 0.2) is 9.84 Å². The zero-order valence-electron chi connectivity index (χ0n) is 13.9. The number of aliphatic carboxylic acids is 1. The minimum absolute atomic E-state index is 0.00446. The van der Waals surface area contributed by atoms with Gasteiger partial charge in [-0.05, 0) is 36.5 Å². The van der Waals surface area contributed by atoms with Crippen LogP contribution in [-0.4, -0.2) is 48.6 Å². The first-order valence-corrected chi connectivity index (χ1v) is 9.73. The van der Waals surface area contributed by atoms with E-state index in [-0.39, 0.29) is 28.9 Å². The van der Waals surface area contributed by atoms with Gasteiger partial charge in [0.1, 0.15) is 6.04 Å². The molecule has 0 spiro atoms. The van der Waals surface area contributed by atoms with Gasteiger partial charge < -0.3 is 10.0 Å². The Morgan fingerprint density at radius 3 is 2.67 bits per heavy atom. The molecule has 0 aromatic heterocycles. The van der Waals surface area contributed by atoms with Gasteiger partial charge in [-0.3, -0.25) is 4.79 Å². The molecular weight excluding hydrogens is 330 g/mol. The van der Waals surface area contributed by atoms with E-state index in [2.05, 4.69) is 0 Å². The average molecular weight is 353 g/mol. The molecule has 2 rings (SSSR count). The number of carbonyl (C=O) groups excluding carboxylic acids is 1. The number of carboxylic acids is 1. The van der Waals surface area contributed by atoms with Crippen LogP contribution in [0.1, 0.15) is 32.3 Å². The zero-order valence-corrected chi connectivity index (χ0v) is 14.8. The molecule has 7 heteroatoms. The molecule has 0 saturated carbocycles. The van der Waals surface area contributed by atoms with Crippen molar-refractivity contribution < 1.29 is 23.1 Å². The second-order valence-corrected chi connectivity index (χ2v) is 8.58. The molecule has 2 atom stereocenters. The molecule has 1 N–H and O–H groups in total. The number of carbonyl (C=O) groups is 2. The molecular formula is C17H23NO5S. The zero-order chi connectivity index (χ0) is 17.9. The number of carboxylic acid groups (broad SMARTS) is 1. The van der Waals surface area contributed by atoms with Crippen molar-refractivity contribution >= 4 is 21.7 Å². The summed E-state index contributed by atoms with van der Waals surface area (Å²) in [6.45, 7) is 3.97. The smallest absolute Gasteiger partial charge is 0.326 e. The number of hydrogen-bond acceptors (Lipinski definition) is 4. The van der Waals surface area contributed by atoms with Crippen LogP contribution in [0.5, 0.6) is 0 Å². The largest absolute Gasteiger partial charge is 0.480 e. The van der Waals surface area contributed by atoms with Crippen LogP contribution in [0.15, 0.2) is 29.2 Å². The van der Waals surface area contributed by atoms with Crippen LogP contribution in [0.25, 0.3) is 0 Å². The van der Waals surface area contributed by atoms with Gasteiger partial charge >= 0.3 is 5.97 Å². The van der Waals surface area contributed by atoms with E-state index in [0.717, 1.165) is 6.42 Å². The van der Waals surface area contributed by atoms with Gasteiger partial charge in [-0.2, -0.15) is 0 Å². The number of benzene rings is 1. The maximum absolute atomic E-state index is 12.5. The number of amides is 1. The Morgan fingerprint density at radius 1 is 1.33 bits per heavy atom. The summed E-state index contributed by atoms with van der Waals surface area (Å²) < 4.78 is 23.9. The highest BCUT2D eigenvalue weighted by Gasteiger charge is 2.34. The predicted octanol–water partition coefficient (Wildman–Crippen LogP) is 1.73. The fourth-order valence-electron chi connectivity index (χ4n) is 2.97. The highest BCUT2D eigenvalue weighted by Crippen LogP contribution is 2.24. The lowest BCUT2D eigenvalue weighted by Gasteiger charge is -2.36. The summed E-state index contributed by atoms with van der Waals surface area (Å²) >= 11 is 0. The summed E-state index contributed by atoms with van der Waals surface area (Å²) in [4.78, 5) is 25.5. The molecule has 0 bridgehead atoms. The summed E-state index contributed by atoms with van der Waals surface area (Å²) in [7, 11) is -3.33. The van der Waals surface area contributed by atoms with Gasteiger partial charge in [-0.25, -0.2) is 13.2 Å². The van der Waals surface area contributed by atoms with E-state index in [4.69, 9.17) is 0 Å². The van der Waals surface area contributed by atoms with Crippen LogP contribution in [-0.2, 0) is 25.8 Å². The highest BCUT2D eigenvalue weighted by molar-refractivity contribution is 7.91. The fraction of sp³-hybridized carbons (Fsp3) is 0.529. The van der Waals surface area contributed by atoms with Gasteiger partial charge in [0.05, 0.1) is 17.1 Å². The van der Waals surface area contributed by atoms with Crippen molar-refractivity contribution in [3.8, 4) is 0 Å². The predicted molar refractivity (Wildman–Crippen MR) is 89.4 cm³/mol. The first-order valence-electron chi connectivity index (χ1n) is 8.08. The molecule has 132 valence electrons. The van der Waals surface area contributed by atoms with E-state index in [9.17, 15) is 23.1 Å². The number of likely N-dealkylation sites (tertiary alicyclic amines) is 1. The summed E-state index contributed by atoms with van der Waals surface area (Å²) in [5.41, 5.74) is 0.581. The van der Waals surface area contributed by atoms with Crippen molar-refractivity contribution in [2.24, 2.45) is 5.92 Å². The summed E-state index contributed by atoms with van der Waals surface area (Å²) in [5.74, 6) is -0.999. The summed E-state index contributed by atoms with van der Waals surface area (Å²) in [5, 5.41) is 9.35. The molecule has 1 aromatic carbocycles. The molecule has 1 heterocycles. The number of nitrogens with zero attached hydrogens (tertiary/aromatic N) is 1. The number of hydrogen-bond donors (Lipinski definition) is 1. The molecule has 0 radical (unpaired) electrons. The first kappa shape index (κ1) is 18.4. The standard InChI is InChI=1S/C17H23NO5S/c1-3-24(22,23)14-6-4-5-13(10-14)11-16(19)18-8-7-12(2)9-15(18)17(20)21/h4-6,10,12,15H,3,7-9,11H2,1-2H3,(H,20,21). The van der Waals surface area contributed by atoms with Crippen LogP contribution in [0.4, 0.5) is 0 Å². The molecule has 1 aliphatic heterocycles. The second kappa shape index (κ2) is 7.34. The van der Waals surface area contributed by atoms with Crippen LogP contribution >= 0.6 is 0 Å². The van der Waals surface area contributed by atoms with Crippen molar-refractivity contribution in [2.45, 2.75) is 44.0 Å². The van der Waals surface area contributed by atoms with E-state index in [0.29, 0.717) is 18.5 Å². The van der Waals surface area contributed by atoms with Crippen molar-refractivity contribution in [3.05, 3.63) is 29.8 Å². The Morgan fingerprint density at radius 2 is 2.04 bits per heavy atom. The van der Waals surface area contributed by atoms with Gasteiger partial charge in [0.25, 0.3) is 0 Å². The Kier molecular flexibility index (Phi) is 5.64. The first-order chi connectivity index (χ1) is 11.2. The molecule has 24 heavy (non-hydrogen) atoms. The highest BCUT2D eigenvalue weighted by atomic mass is 32.2. The second-order valence-electron chi connectivity index (χ2n) is 6.30. The van der Waals surface area contributed by atoms with Gasteiger partial charge in [0, 0.05) is 6.54 Å². The van der Waals surface area contributed by atoms with Gasteiger partial charge in [0.2, 0.25) is 5.91 Å². The lowest BCUT2D eigenvalue weighted by molar-refractivity contribution is -0.152. The quantitative estimate of drug-likeness (QED) is 0.870. The SMILES string of the molecule is CCS(=O)(=O)c1cccc(CC(=O)N2CCC(C)CC2C(=O)O)c1. The van der Waals surface area contributed by atoms with Gasteiger partial charge in [-0.1, -0.05) is 26.0 Å². The third-order valence-electron chi connectivity index (χ3n) is 4.46. The Labute approximate surface area is 142 Å². The molecule has 1 saturated heterocycles. The van der Waals surface area contributed by atoms with Crippen LogP contribution in [0.2, 0.25) is 0 Å².